The molecule has 2 heterocycles. The highest BCUT2D eigenvalue weighted by atomic mass is 32.2. The van der Waals surface area contributed by atoms with Crippen LogP contribution in [0.5, 0.6) is 0 Å². The first-order chi connectivity index (χ1) is 20.4. The second kappa shape index (κ2) is 16.8. The van der Waals surface area contributed by atoms with E-state index in [1.165, 1.54) is 0 Å². The number of ether oxygens (including phenoxy) is 2. The van der Waals surface area contributed by atoms with Crippen molar-refractivity contribution in [2.45, 2.75) is 123 Å². The van der Waals surface area contributed by atoms with Gasteiger partial charge in [-0.05, 0) is 86.0 Å². The summed E-state index contributed by atoms with van der Waals surface area (Å²) < 4.78 is 38.1. The van der Waals surface area contributed by atoms with Crippen LogP contribution >= 0.6 is 0 Å². The van der Waals surface area contributed by atoms with Gasteiger partial charge in [0.05, 0.1) is 24.1 Å². The Morgan fingerprint density at radius 2 is 1.55 bits per heavy atom. The predicted molar refractivity (Wildman–Crippen MR) is 168 cm³/mol. The van der Waals surface area contributed by atoms with Crippen LogP contribution in [-0.2, 0) is 33.9 Å². The lowest BCUT2D eigenvalue weighted by atomic mass is 9.91. The van der Waals surface area contributed by atoms with Gasteiger partial charge < -0.3 is 24.6 Å². The standard InChI is InChI=1S/C31H56N4O8S/c1-8-9-19-44(40,41)32-21-25(20-27(37)42-30(2,3)4)33-28(38)24-11-10-16-35(22-24)26(36)13-12-23-14-17-34(18-15-23)29(39)43-31(5,6)7/h23-25,32H,8-22H2,1-7H3,(H,33,38)/t24-,25+/m1/s1. The Kier molecular flexibility index (Phi) is 14.4. The van der Waals surface area contributed by atoms with Gasteiger partial charge in [-0.25, -0.2) is 17.9 Å². The molecule has 0 unspecified atom stereocenters. The second-order valence-corrected chi connectivity index (χ2v) is 16.1. The van der Waals surface area contributed by atoms with Gasteiger partial charge in [0.2, 0.25) is 21.8 Å². The Balaban J connectivity index is 1.89. The molecule has 12 nitrogen and oxygen atoms in total. The Morgan fingerprint density at radius 3 is 2.14 bits per heavy atom. The monoisotopic (exact) mass is 644 g/mol. The van der Waals surface area contributed by atoms with Gasteiger partial charge in [-0.3, -0.25) is 14.4 Å². The lowest BCUT2D eigenvalue weighted by Crippen LogP contribution is -2.51. The number of amides is 3. The number of unbranched alkanes of at least 4 members (excludes halogenated alkanes) is 1. The molecule has 2 rings (SSSR count). The Hall–Kier alpha value is -2.41. The van der Waals surface area contributed by atoms with Crippen molar-refractivity contribution in [2.75, 3.05) is 38.5 Å². The number of likely N-dealkylation sites (tertiary alicyclic amines) is 2. The molecule has 2 N–H and O–H groups in total. The molecule has 2 saturated heterocycles. The van der Waals surface area contributed by atoms with Crippen LogP contribution in [-0.4, -0.2) is 97.8 Å². The van der Waals surface area contributed by atoms with E-state index >= 15 is 0 Å². The van der Waals surface area contributed by atoms with Crippen molar-refractivity contribution in [1.29, 1.82) is 0 Å². The molecule has 0 spiro atoms. The molecule has 44 heavy (non-hydrogen) atoms. The van der Waals surface area contributed by atoms with Crippen LogP contribution in [0.3, 0.4) is 0 Å². The van der Waals surface area contributed by atoms with Crippen LogP contribution < -0.4 is 10.0 Å². The van der Waals surface area contributed by atoms with Gasteiger partial charge >= 0.3 is 12.1 Å². The minimum Gasteiger partial charge on any atom is -0.460 e. The fourth-order valence-electron chi connectivity index (χ4n) is 5.35. The van der Waals surface area contributed by atoms with E-state index in [0.29, 0.717) is 51.2 Å². The number of nitrogens with one attached hydrogen (secondary N) is 2. The summed E-state index contributed by atoms with van der Waals surface area (Å²) in [7, 11) is -3.55. The maximum absolute atomic E-state index is 13.3. The lowest BCUT2D eigenvalue weighted by Gasteiger charge is -2.35. The average molecular weight is 645 g/mol. The maximum atomic E-state index is 13.3. The first kappa shape index (κ1) is 37.8. The molecular weight excluding hydrogens is 588 g/mol. The van der Waals surface area contributed by atoms with E-state index in [1.54, 1.807) is 30.6 Å². The number of rotatable bonds is 13. The molecule has 13 heteroatoms. The third-order valence-corrected chi connectivity index (χ3v) is 9.11. The second-order valence-electron chi connectivity index (χ2n) is 14.1. The zero-order chi connectivity index (χ0) is 33.1. The Morgan fingerprint density at radius 1 is 0.909 bits per heavy atom. The fraction of sp³-hybridized carbons (Fsp3) is 0.871. The Labute approximate surface area is 264 Å². The van der Waals surface area contributed by atoms with E-state index in [-0.39, 0.29) is 43.2 Å². The van der Waals surface area contributed by atoms with Crippen molar-refractivity contribution < 1.29 is 37.1 Å². The molecule has 254 valence electrons. The molecule has 0 aromatic heterocycles. The quantitative estimate of drug-likeness (QED) is 0.289. The third-order valence-electron chi connectivity index (χ3n) is 7.67. The topological polar surface area (TPSA) is 151 Å². The molecular formula is C31H56N4O8S. The number of hydrogen-bond donors (Lipinski definition) is 2. The summed E-state index contributed by atoms with van der Waals surface area (Å²) in [6, 6.07) is -0.786. The minimum absolute atomic E-state index is 0.00561. The molecule has 3 amide bonds. The SMILES string of the molecule is CCCCS(=O)(=O)NC[C@H](CC(=O)OC(C)(C)C)NC(=O)[C@@H]1CCCN(C(=O)CCC2CCN(C(=O)OC(C)(C)C)CC2)C1. The fourth-order valence-corrected chi connectivity index (χ4v) is 6.61. The van der Waals surface area contributed by atoms with Crippen molar-refractivity contribution in [3.05, 3.63) is 0 Å². The summed E-state index contributed by atoms with van der Waals surface area (Å²) >= 11 is 0. The van der Waals surface area contributed by atoms with E-state index in [9.17, 15) is 27.6 Å². The summed E-state index contributed by atoms with van der Waals surface area (Å²) in [5.74, 6) is -0.977. The van der Waals surface area contributed by atoms with Crippen LogP contribution in [0.25, 0.3) is 0 Å². The molecule has 0 radical (unpaired) electrons. The number of piperidine rings is 2. The molecule has 2 fully saturated rings. The van der Waals surface area contributed by atoms with Crippen molar-refractivity contribution in [2.24, 2.45) is 11.8 Å². The normalized spacial score (nSPS) is 19.3. The largest absolute Gasteiger partial charge is 0.460 e. The van der Waals surface area contributed by atoms with Crippen LogP contribution in [0.1, 0.15) is 106 Å². The van der Waals surface area contributed by atoms with Crippen LogP contribution in [0.2, 0.25) is 0 Å². The van der Waals surface area contributed by atoms with Gasteiger partial charge in [-0.1, -0.05) is 13.3 Å². The van der Waals surface area contributed by atoms with Gasteiger partial charge in [-0.15, -0.1) is 0 Å². The van der Waals surface area contributed by atoms with E-state index < -0.39 is 39.2 Å². The molecule has 0 saturated carbocycles. The van der Waals surface area contributed by atoms with Gasteiger partial charge in [0.1, 0.15) is 11.2 Å². The van der Waals surface area contributed by atoms with Crippen LogP contribution in [0.4, 0.5) is 4.79 Å². The van der Waals surface area contributed by atoms with Crippen LogP contribution in [0.15, 0.2) is 0 Å². The molecule has 2 atom stereocenters. The third kappa shape index (κ3) is 14.6. The number of sulfonamides is 1. The van der Waals surface area contributed by atoms with Crippen molar-refractivity contribution in [3.63, 3.8) is 0 Å². The van der Waals surface area contributed by atoms with Gasteiger partial charge in [-0.2, -0.15) is 0 Å². The summed E-state index contributed by atoms with van der Waals surface area (Å²) in [5, 5.41) is 2.86. The number of carbonyl (C=O) groups excluding carboxylic acids is 4. The summed E-state index contributed by atoms with van der Waals surface area (Å²) in [6.07, 6.45) is 4.78. The molecule has 0 aromatic carbocycles. The summed E-state index contributed by atoms with van der Waals surface area (Å²) in [5.41, 5.74) is -1.25. The predicted octanol–water partition coefficient (Wildman–Crippen LogP) is 3.59. The van der Waals surface area contributed by atoms with Crippen LogP contribution in [0, 0.1) is 11.8 Å². The molecule has 0 bridgehead atoms. The van der Waals surface area contributed by atoms with E-state index in [1.807, 2.05) is 27.7 Å². The average Bonchev–Trinajstić information content (AvgIpc) is 2.92. The number of nitrogens with zero attached hydrogens (tertiary/aromatic N) is 2. The maximum Gasteiger partial charge on any atom is 0.410 e. The molecule has 0 aromatic rings. The van der Waals surface area contributed by atoms with E-state index in [0.717, 1.165) is 25.7 Å². The highest BCUT2D eigenvalue weighted by Crippen LogP contribution is 2.25. The zero-order valence-electron chi connectivity index (χ0n) is 27.9. The molecule has 2 aliphatic heterocycles. The number of carbonyl (C=O) groups is 4. The smallest absolute Gasteiger partial charge is 0.410 e. The van der Waals surface area contributed by atoms with Crippen molar-refractivity contribution in [3.8, 4) is 0 Å². The number of esters is 1. The summed E-state index contributed by atoms with van der Waals surface area (Å²) in [4.78, 5) is 54.7. The molecule has 2 aliphatic rings. The minimum atomic E-state index is -3.55. The number of hydrogen-bond acceptors (Lipinski definition) is 8. The van der Waals surface area contributed by atoms with Gasteiger partial charge in [0.15, 0.2) is 0 Å². The zero-order valence-corrected chi connectivity index (χ0v) is 28.7. The van der Waals surface area contributed by atoms with E-state index in [2.05, 4.69) is 10.0 Å². The lowest BCUT2D eigenvalue weighted by molar-refractivity contribution is -0.155. The highest BCUT2D eigenvalue weighted by Gasteiger charge is 2.32. The first-order valence-electron chi connectivity index (χ1n) is 16.1. The molecule has 0 aliphatic carbocycles. The van der Waals surface area contributed by atoms with E-state index in [4.69, 9.17) is 9.47 Å². The van der Waals surface area contributed by atoms with Gasteiger partial charge in [0, 0.05) is 39.1 Å². The Bertz CT molecular complexity index is 1080. The van der Waals surface area contributed by atoms with Crippen molar-refractivity contribution >= 4 is 33.9 Å². The van der Waals surface area contributed by atoms with Gasteiger partial charge in [0.25, 0.3) is 0 Å². The highest BCUT2D eigenvalue weighted by molar-refractivity contribution is 7.89. The first-order valence-corrected chi connectivity index (χ1v) is 17.8. The van der Waals surface area contributed by atoms with Crippen molar-refractivity contribution in [1.82, 2.24) is 19.8 Å². The summed E-state index contributed by atoms with van der Waals surface area (Å²) in [6.45, 7) is 14.6.